The first-order chi connectivity index (χ1) is 18.2. The van der Waals surface area contributed by atoms with E-state index >= 15 is 0 Å². The molecule has 2 saturated heterocycles. The van der Waals surface area contributed by atoms with E-state index in [9.17, 15) is 4.79 Å². The van der Waals surface area contributed by atoms with Crippen molar-refractivity contribution in [1.82, 2.24) is 39.8 Å². The van der Waals surface area contributed by atoms with E-state index in [2.05, 4.69) is 46.2 Å². The van der Waals surface area contributed by atoms with Gasteiger partial charge in [0.25, 0.3) is 5.56 Å². The molecule has 4 aromatic heterocycles. The van der Waals surface area contributed by atoms with Gasteiger partial charge in [-0.05, 0) is 44.1 Å². The van der Waals surface area contributed by atoms with Gasteiger partial charge in [0.05, 0.1) is 37.2 Å². The topological polar surface area (TPSA) is 116 Å². The van der Waals surface area contributed by atoms with Crippen LogP contribution in [0.5, 0.6) is 0 Å². The molecule has 0 aliphatic carbocycles. The number of aromatic nitrogens is 7. The third kappa shape index (κ3) is 5.27. The van der Waals surface area contributed by atoms with Gasteiger partial charge in [-0.2, -0.15) is 10.2 Å². The molecule has 190 valence electrons. The van der Waals surface area contributed by atoms with Gasteiger partial charge in [-0.1, -0.05) is 0 Å². The molecule has 0 radical (unpaired) electrons. The maximum absolute atomic E-state index is 12.5. The van der Waals surface area contributed by atoms with Gasteiger partial charge in [-0.25, -0.2) is 14.6 Å². The number of morpholine rings is 1. The Labute approximate surface area is 214 Å². The fourth-order valence-electron chi connectivity index (χ4n) is 4.84. The Morgan fingerprint density at radius 3 is 2.68 bits per heavy atom. The van der Waals surface area contributed by atoms with Crippen molar-refractivity contribution in [3.8, 4) is 22.4 Å². The second kappa shape index (κ2) is 10.6. The van der Waals surface area contributed by atoms with Crippen LogP contribution in [0, 0.1) is 0 Å². The van der Waals surface area contributed by atoms with Crippen LogP contribution in [0.2, 0.25) is 0 Å². The lowest BCUT2D eigenvalue weighted by molar-refractivity contribution is 0.0260. The summed E-state index contributed by atoms with van der Waals surface area (Å²) in [5.41, 5.74) is 3.35. The Hall–Kier alpha value is -3.96. The fourth-order valence-corrected chi connectivity index (χ4v) is 4.84. The second-order valence-corrected chi connectivity index (χ2v) is 9.38. The molecule has 6 rings (SSSR count). The van der Waals surface area contributed by atoms with E-state index in [4.69, 9.17) is 4.74 Å². The van der Waals surface area contributed by atoms with E-state index in [0.29, 0.717) is 43.9 Å². The van der Waals surface area contributed by atoms with Crippen molar-refractivity contribution < 1.29 is 4.74 Å². The van der Waals surface area contributed by atoms with Gasteiger partial charge in [0, 0.05) is 66.8 Å². The van der Waals surface area contributed by atoms with Gasteiger partial charge in [-0.3, -0.25) is 14.5 Å². The average molecular weight is 500 g/mol. The maximum Gasteiger partial charge on any atom is 0.266 e. The number of ether oxygens (including phenoxy) is 1. The van der Waals surface area contributed by atoms with E-state index in [0.717, 1.165) is 42.6 Å². The van der Waals surface area contributed by atoms with Crippen LogP contribution in [-0.4, -0.2) is 73.4 Å². The molecule has 4 aromatic rings. The molecule has 2 aliphatic heterocycles. The molecule has 2 fully saturated rings. The number of rotatable bonds is 6. The Bertz CT molecular complexity index is 1380. The van der Waals surface area contributed by atoms with Crippen LogP contribution >= 0.6 is 0 Å². The second-order valence-electron chi connectivity index (χ2n) is 9.38. The van der Waals surface area contributed by atoms with Crippen molar-refractivity contribution in [1.29, 1.82) is 0 Å². The van der Waals surface area contributed by atoms with Crippen LogP contribution in [0.4, 0.5) is 5.95 Å². The Balaban J connectivity index is 1.12. The standard InChI is InChI=1S/C26H29N9O2/c36-25-4-3-24(19-2-1-7-28-12-19)32-35(25)18-23-17-33(10-11-37-23)26-29-13-20(14-30-26)21-15-31-34(16-21)22-5-8-27-9-6-22/h1-4,7,12-16,22-23,27H,5-6,8-11,17-18H2/t23-/m0/s1. The lowest BCUT2D eigenvalue weighted by Crippen LogP contribution is -2.46. The summed E-state index contributed by atoms with van der Waals surface area (Å²) in [5.74, 6) is 0.646. The highest BCUT2D eigenvalue weighted by Crippen LogP contribution is 2.24. The molecule has 0 amide bonds. The molecule has 0 bridgehead atoms. The normalized spacial score (nSPS) is 18.7. The highest BCUT2D eigenvalue weighted by atomic mass is 16.5. The first kappa shape index (κ1) is 23.4. The Morgan fingerprint density at radius 2 is 1.86 bits per heavy atom. The molecule has 0 spiro atoms. The maximum atomic E-state index is 12.5. The van der Waals surface area contributed by atoms with Crippen molar-refractivity contribution in [2.24, 2.45) is 0 Å². The minimum Gasteiger partial charge on any atom is -0.373 e. The lowest BCUT2D eigenvalue weighted by Gasteiger charge is -2.33. The number of hydrogen-bond donors (Lipinski definition) is 1. The monoisotopic (exact) mass is 499 g/mol. The zero-order valence-electron chi connectivity index (χ0n) is 20.5. The summed E-state index contributed by atoms with van der Waals surface area (Å²) >= 11 is 0. The molecule has 37 heavy (non-hydrogen) atoms. The molecular weight excluding hydrogens is 470 g/mol. The summed E-state index contributed by atoms with van der Waals surface area (Å²) in [5, 5.41) is 12.5. The summed E-state index contributed by atoms with van der Waals surface area (Å²) in [7, 11) is 0. The van der Waals surface area contributed by atoms with E-state index in [1.165, 1.54) is 10.7 Å². The zero-order valence-corrected chi connectivity index (χ0v) is 20.5. The largest absolute Gasteiger partial charge is 0.373 e. The third-order valence-electron chi connectivity index (χ3n) is 6.88. The number of piperidine rings is 1. The number of nitrogens with zero attached hydrogens (tertiary/aromatic N) is 8. The summed E-state index contributed by atoms with van der Waals surface area (Å²) in [4.78, 5) is 28.0. The molecule has 11 nitrogen and oxygen atoms in total. The first-order valence-corrected chi connectivity index (χ1v) is 12.7. The molecule has 1 atom stereocenters. The summed E-state index contributed by atoms with van der Waals surface area (Å²) < 4.78 is 9.49. The fraction of sp³-hybridized carbons (Fsp3) is 0.385. The minimum absolute atomic E-state index is 0.168. The average Bonchev–Trinajstić information content (AvgIpc) is 3.46. The van der Waals surface area contributed by atoms with Crippen LogP contribution < -0.4 is 15.8 Å². The highest BCUT2D eigenvalue weighted by molar-refractivity contribution is 5.60. The van der Waals surface area contributed by atoms with Gasteiger partial charge in [0.2, 0.25) is 5.95 Å². The smallest absolute Gasteiger partial charge is 0.266 e. The van der Waals surface area contributed by atoms with Crippen LogP contribution in [-0.2, 0) is 11.3 Å². The van der Waals surface area contributed by atoms with Crippen molar-refractivity contribution in [3.05, 3.63) is 71.8 Å². The SMILES string of the molecule is O=c1ccc(-c2cccnc2)nn1C[C@@H]1CN(c2ncc(-c3cnn(C4CCNCC4)c3)cn2)CCO1. The van der Waals surface area contributed by atoms with E-state index in [-0.39, 0.29) is 11.7 Å². The highest BCUT2D eigenvalue weighted by Gasteiger charge is 2.24. The van der Waals surface area contributed by atoms with Crippen molar-refractivity contribution in [2.45, 2.75) is 31.5 Å². The molecule has 0 saturated carbocycles. The van der Waals surface area contributed by atoms with Gasteiger partial charge in [0.1, 0.15) is 0 Å². The quantitative estimate of drug-likeness (QED) is 0.424. The molecule has 1 N–H and O–H groups in total. The van der Waals surface area contributed by atoms with E-state index < -0.39 is 0 Å². The van der Waals surface area contributed by atoms with Crippen molar-refractivity contribution in [2.75, 3.05) is 37.7 Å². The third-order valence-corrected chi connectivity index (χ3v) is 6.88. The van der Waals surface area contributed by atoms with Crippen LogP contribution in [0.1, 0.15) is 18.9 Å². The molecule has 6 heterocycles. The zero-order chi connectivity index (χ0) is 25.0. The van der Waals surface area contributed by atoms with E-state index in [1.54, 1.807) is 18.5 Å². The van der Waals surface area contributed by atoms with Crippen LogP contribution in [0.25, 0.3) is 22.4 Å². The number of hydrogen-bond acceptors (Lipinski definition) is 9. The first-order valence-electron chi connectivity index (χ1n) is 12.7. The lowest BCUT2D eigenvalue weighted by atomic mass is 10.1. The van der Waals surface area contributed by atoms with Gasteiger partial charge in [-0.15, -0.1) is 0 Å². The predicted octanol–water partition coefficient (Wildman–Crippen LogP) is 1.79. The van der Waals surface area contributed by atoms with Crippen LogP contribution in [0.15, 0.2) is 66.2 Å². The van der Waals surface area contributed by atoms with Gasteiger partial charge in [0.15, 0.2) is 0 Å². The molecule has 0 unspecified atom stereocenters. The van der Waals surface area contributed by atoms with E-state index in [1.807, 2.05) is 30.7 Å². The molecule has 11 heteroatoms. The summed E-state index contributed by atoms with van der Waals surface area (Å²) in [6.07, 6.45) is 13.1. The van der Waals surface area contributed by atoms with Crippen molar-refractivity contribution in [3.63, 3.8) is 0 Å². The number of anilines is 1. The molecule has 2 aliphatic rings. The van der Waals surface area contributed by atoms with Crippen LogP contribution in [0.3, 0.4) is 0 Å². The predicted molar refractivity (Wildman–Crippen MR) is 138 cm³/mol. The van der Waals surface area contributed by atoms with Crippen molar-refractivity contribution >= 4 is 5.95 Å². The Kier molecular flexibility index (Phi) is 6.70. The molecular formula is C26H29N9O2. The minimum atomic E-state index is -0.213. The number of pyridine rings is 1. The van der Waals surface area contributed by atoms with Gasteiger partial charge < -0.3 is 15.0 Å². The van der Waals surface area contributed by atoms with Gasteiger partial charge >= 0.3 is 0 Å². The Morgan fingerprint density at radius 1 is 1.00 bits per heavy atom. The molecule has 0 aromatic carbocycles. The summed E-state index contributed by atoms with van der Waals surface area (Å²) in [6, 6.07) is 7.45. The number of nitrogens with one attached hydrogen (secondary N) is 1. The summed E-state index contributed by atoms with van der Waals surface area (Å²) in [6.45, 7) is 4.17.